The van der Waals surface area contributed by atoms with Crippen molar-refractivity contribution in [1.82, 2.24) is 25.0 Å². The second-order valence-corrected chi connectivity index (χ2v) is 7.50. The summed E-state index contributed by atoms with van der Waals surface area (Å²) in [5.74, 6) is 1.16. The van der Waals surface area contributed by atoms with E-state index < -0.39 is 0 Å². The molecular weight excluding hydrogens is 346 g/mol. The van der Waals surface area contributed by atoms with E-state index in [-0.39, 0.29) is 23.8 Å². The molecule has 2 fully saturated rings. The topological polar surface area (TPSA) is 94.1 Å². The number of carbonyl (C=O) groups excluding carboxylic acids is 1. The molecular formula is C19H27N5O3. The smallest absolute Gasteiger partial charge is 0.346 e. The van der Waals surface area contributed by atoms with Gasteiger partial charge in [-0.1, -0.05) is 25.7 Å². The normalized spacial score (nSPS) is 18.2. The number of hydrogen-bond acceptors (Lipinski definition) is 4. The molecule has 2 saturated carbocycles. The molecule has 2 heterocycles. The number of furan rings is 1. The van der Waals surface area contributed by atoms with Crippen LogP contribution in [0.3, 0.4) is 0 Å². The van der Waals surface area contributed by atoms with Gasteiger partial charge in [0, 0.05) is 18.6 Å². The zero-order valence-corrected chi connectivity index (χ0v) is 15.5. The van der Waals surface area contributed by atoms with Gasteiger partial charge in [0.15, 0.2) is 5.76 Å². The molecule has 8 nitrogen and oxygen atoms in total. The standard InChI is InChI=1S/C19H27N5O3/c25-18(21-14-6-3-1-2-4-7-14)20-11-12-23-19(26)24(15-9-10-15)17(22-23)16-8-5-13-27-16/h5,8,13-15H,1-4,6-7,9-12H2,(H2,20,21,25). The fourth-order valence-corrected chi connectivity index (χ4v) is 3.74. The molecule has 0 atom stereocenters. The Balaban J connectivity index is 1.35. The van der Waals surface area contributed by atoms with Crippen LogP contribution < -0.4 is 16.3 Å². The minimum atomic E-state index is -0.164. The summed E-state index contributed by atoms with van der Waals surface area (Å²) in [6, 6.07) is 3.90. The zero-order chi connectivity index (χ0) is 18.6. The van der Waals surface area contributed by atoms with Crippen LogP contribution in [-0.2, 0) is 6.54 Å². The van der Waals surface area contributed by atoms with Crippen molar-refractivity contribution in [3.8, 4) is 11.6 Å². The molecule has 0 saturated heterocycles. The van der Waals surface area contributed by atoms with E-state index in [4.69, 9.17) is 4.42 Å². The summed E-state index contributed by atoms with van der Waals surface area (Å²) in [5.41, 5.74) is -0.144. The number of nitrogens with one attached hydrogen (secondary N) is 2. The molecule has 8 heteroatoms. The Kier molecular flexibility index (Phi) is 5.31. The summed E-state index contributed by atoms with van der Waals surface area (Å²) in [4.78, 5) is 24.8. The Morgan fingerprint density at radius 1 is 1.19 bits per heavy atom. The zero-order valence-electron chi connectivity index (χ0n) is 15.5. The fraction of sp³-hybridized carbons (Fsp3) is 0.632. The van der Waals surface area contributed by atoms with E-state index in [0.717, 1.165) is 25.7 Å². The Hall–Kier alpha value is -2.51. The van der Waals surface area contributed by atoms with Crippen molar-refractivity contribution in [3.63, 3.8) is 0 Å². The molecule has 2 aliphatic rings. The van der Waals surface area contributed by atoms with Crippen molar-refractivity contribution in [2.24, 2.45) is 0 Å². The third-order valence-electron chi connectivity index (χ3n) is 5.32. The van der Waals surface area contributed by atoms with E-state index in [2.05, 4.69) is 15.7 Å². The Labute approximate surface area is 157 Å². The van der Waals surface area contributed by atoms with E-state index in [0.29, 0.717) is 24.7 Å². The van der Waals surface area contributed by atoms with Crippen LogP contribution in [0.2, 0.25) is 0 Å². The van der Waals surface area contributed by atoms with Crippen LogP contribution in [0.5, 0.6) is 0 Å². The molecule has 0 aliphatic heterocycles. The molecule has 27 heavy (non-hydrogen) atoms. The minimum Gasteiger partial charge on any atom is -0.461 e. The molecule has 0 radical (unpaired) electrons. The van der Waals surface area contributed by atoms with Crippen molar-refractivity contribution in [1.29, 1.82) is 0 Å². The summed E-state index contributed by atoms with van der Waals surface area (Å²) in [5, 5.41) is 10.3. The Morgan fingerprint density at radius 2 is 1.96 bits per heavy atom. The van der Waals surface area contributed by atoms with Gasteiger partial charge in [0.2, 0.25) is 5.82 Å². The average Bonchev–Trinajstić information content (AvgIpc) is 3.32. The second-order valence-electron chi connectivity index (χ2n) is 7.50. The molecule has 146 valence electrons. The maximum Gasteiger partial charge on any atom is 0.346 e. The van der Waals surface area contributed by atoms with Crippen molar-refractivity contribution in [2.75, 3.05) is 6.54 Å². The molecule has 0 spiro atoms. The summed E-state index contributed by atoms with van der Waals surface area (Å²) >= 11 is 0. The van der Waals surface area contributed by atoms with Gasteiger partial charge in [-0.25, -0.2) is 14.3 Å². The second kappa shape index (κ2) is 8.02. The Morgan fingerprint density at radius 3 is 2.63 bits per heavy atom. The quantitative estimate of drug-likeness (QED) is 0.761. The van der Waals surface area contributed by atoms with Crippen molar-refractivity contribution in [3.05, 3.63) is 28.9 Å². The predicted octanol–water partition coefficient (Wildman–Crippen LogP) is 2.66. The molecule has 0 bridgehead atoms. The van der Waals surface area contributed by atoms with Crippen LogP contribution in [-0.4, -0.2) is 33.0 Å². The first-order valence-corrected chi connectivity index (χ1v) is 10.00. The minimum absolute atomic E-state index is 0.144. The maximum absolute atomic E-state index is 12.7. The number of rotatable bonds is 6. The van der Waals surface area contributed by atoms with Gasteiger partial charge in [0.05, 0.1) is 12.8 Å². The molecule has 2 aromatic rings. The van der Waals surface area contributed by atoms with Gasteiger partial charge in [-0.05, 0) is 37.8 Å². The van der Waals surface area contributed by atoms with Crippen molar-refractivity contribution >= 4 is 6.03 Å². The third kappa shape index (κ3) is 4.26. The fourth-order valence-electron chi connectivity index (χ4n) is 3.74. The van der Waals surface area contributed by atoms with Crippen LogP contribution in [0.15, 0.2) is 27.6 Å². The highest BCUT2D eigenvalue weighted by molar-refractivity contribution is 5.74. The van der Waals surface area contributed by atoms with Gasteiger partial charge >= 0.3 is 11.7 Å². The van der Waals surface area contributed by atoms with Gasteiger partial charge < -0.3 is 15.1 Å². The highest BCUT2D eigenvalue weighted by Crippen LogP contribution is 2.36. The predicted molar refractivity (Wildman–Crippen MR) is 100 cm³/mol. The first kappa shape index (κ1) is 17.9. The number of amides is 2. The monoisotopic (exact) mass is 373 g/mol. The van der Waals surface area contributed by atoms with E-state index in [9.17, 15) is 9.59 Å². The molecule has 0 aromatic carbocycles. The molecule has 4 rings (SSSR count). The Bertz CT molecular complexity index is 811. The lowest BCUT2D eigenvalue weighted by molar-refractivity contribution is 0.235. The number of urea groups is 1. The lowest BCUT2D eigenvalue weighted by atomic mass is 10.1. The van der Waals surface area contributed by atoms with Gasteiger partial charge in [0.1, 0.15) is 0 Å². The van der Waals surface area contributed by atoms with Crippen LogP contribution in [0.25, 0.3) is 11.6 Å². The third-order valence-corrected chi connectivity index (χ3v) is 5.32. The molecule has 2 aromatic heterocycles. The highest BCUT2D eigenvalue weighted by Gasteiger charge is 2.31. The van der Waals surface area contributed by atoms with E-state index in [1.807, 2.05) is 6.07 Å². The van der Waals surface area contributed by atoms with Gasteiger partial charge in [-0.15, -0.1) is 5.10 Å². The summed E-state index contributed by atoms with van der Waals surface area (Å²) in [6.45, 7) is 0.697. The summed E-state index contributed by atoms with van der Waals surface area (Å²) in [7, 11) is 0. The van der Waals surface area contributed by atoms with Crippen molar-refractivity contribution < 1.29 is 9.21 Å². The van der Waals surface area contributed by atoms with Gasteiger partial charge in [-0.2, -0.15) is 0 Å². The van der Waals surface area contributed by atoms with E-state index in [1.54, 1.807) is 16.9 Å². The van der Waals surface area contributed by atoms with Crippen LogP contribution in [0.1, 0.15) is 57.4 Å². The van der Waals surface area contributed by atoms with E-state index >= 15 is 0 Å². The SMILES string of the molecule is O=C(NCCn1nc(-c2ccco2)n(C2CC2)c1=O)NC1CCCCCC1. The van der Waals surface area contributed by atoms with Gasteiger partial charge in [-0.3, -0.25) is 4.57 Å². The lowest BCUT2D eigenvalue weighted by Crippen LogP contribution is -2.43. The molecule has 0 unspecified atom stereocenters. The largest absolute Gasteiger partial charge is 0.461 e. The van der Waals surface area contributed by atoms with E-state index in [1.165, 1.54) is 30.4 Å². The molecule has 2 amide bonds. The maximum atomic E-state index is 12.7. The first-order valence-electron chi connectivity index (χ1n) is 10.00. The first-order chi connectivity index (χ1) is 13.2. The summed E-state index contributed by atoms with van der Waals surface area (Å²) in [6.07, 6.45) is 10.5. The van der Waals surface area contributed by atoms with Crippen LogP contribution in [0.4, 0.5) is 4.79 Å². The van der Waals surface area contributed by atoms with Crippen molar-refractivity contribution in [2.45, 2.75) is 70.0 Å². The average molecular weight is 373 g/mol. The lowest BCUT2D eigenvalue weighted by Gasteiger charge is -2.16. The van der Waals surface area contributed by atoms with Crippen LogP contribution >= 0.6 is 0 Å². The number of hydrogen-bond donors (Lipinski definition) is 2. The number of nitrogens with zero attached hydrogens (tertiary/aromatic N) is 3. The highest BCUT2D eigenvalue weighted by atomic mass is 16.3. The van der Waals surface area contributed by atoms with Gasteiger partial charge in [0.25, 0.3) is 0 Å². The summed E-state index contributed by atoms with van der Waals surface area (Å²) < 4.78 is 8.56. The number of aromatic nitrogens is 3. The molecule has 2 aliphatic carbocycles. The number of carbonyl (C=O) groups is 1. The molecule has 2 N–H and O–H groups in total. The van der Waals surface area contributed by atoms with Crippen LogP contribution in [0, 0.1) is 0 Å².